The molecule has 2 aliphatic rings. The van der Waals surface area contributed by atoms with Crippen LogP contribution in [0.15, 0.2) is 34.9 Å². The van der Waals surface area contributed by atoms with Gasteiger partial charge in [-0.3, -0.25) is 9.59 Å². The van der Waals surface area contributed by atoms with Gasteiger partial charge in [-0.15, -0.1) is 0 Å². The maximum atomic E-state index is 12.5. The summed E-state index contributed by atoms with van der Waals surface area (Å²) >= 11 is 7.20. The normalized spacial score (nSPS) is 20.7. The maximum Gasteiger partial charge on any atom is 0.232 e. The molecular weight excluding hydrogens is 382 g/mol. The number of allylic oxidation sites excluding steroid dienone is 1. The van der Waals surface area contributed by atoms with Gasteiger partial charge in [0.1, 0.15) is 0 Å². The molecular formula is C20H22ClN3O2S. The molecule has 1 fully saturated rings. The molecule has 2 heterocycles. The van der Waals surface area contributed by atoms with Crippen molar-refractivity contribution in [2.24, 2.45) is 0 Å². The van der Waals surface area contributed by atoms with Gasteiger partial charge in [0.25, 0.3) is 0 Å². The van der Waals surface area contributed by atoms with E-state index in [1.807, 2.05) is 17.0 Å². The fourth-order valence-electron chi connectivity index (χ4n) is 3.46. The van der Waals surface area contributed by atoms with E-state index in [-0.39, 0.29) is 29.9 Å². The lowest BCUT2D eigenvalue weighted by Crippen LogP contribution is -2.35. The first-order valence-corrected chi connectivity index (χ1v) is 10.5. The number of carbonyl (C=O) groups is 2. The third-order valence-corrected chi connectivity index (χ3v) is 6.18. The topological polar surface area (TPSA) is 73.2 Å². The summed E-state index contributed by atoms with van der Waals surface area (Å²) in [5, 5.41) is 13.6. The minimum Gasteiger partial charge on any atom is -0.342 e. The van der Waals surface area contributed by atoms with Gasteiger partial charge in [-0.2, -0.15) is 5.26 Å². The van der Waals surface area contributed by atoms with Gasteiger partial charge in [-0.05, 0) is 30.5 Å². The average molecular weight is 404 g/mol. The summed E-state index contributed by atoms with van der Waals surface area (Å²) in [7, 11) is 0. The smallest absolute Gasteiger partial charge is 0.232 e. The second-order valence-corrected chi connectivity index (χ2v) is 8.22. The minimum absolute atomic E-state index is 0.0644. The van der Waals surface area contributed by atoms with Gasteiger partial charge in [0.2, 0.25) is 11.8 Å². The van der Waals surface area contributed by atoms with E-state index in [4.69, 9.17) is 11.6 Å². The molecule has 0 aliphatic carbocycles. The molecule has 27 heavy (non-hydrogen) atoms. The molecule has 142 valence electrons. The Hall–Kier alpha value is -1.97. The number of nitrogens with zero attached hydrogens (tertiary/aromatic N) is 2. The van der Waals surface area contributed by atoms with Gasteiger partial charge < -0.3 is 10.2 Å². The van der Waals surface area contributed by atoms with E-state index in [1.165, 1.54) is 24.6 Å². The standard InChI is InChI=1S/C20H22ClN3O2S/c21-15-7-5-14(6-8-15)16-11-18(25)23-20(17(16)12-22)27-13-19(26)24-9-3-1-2-4-10-24/h5-8,16H,1-4,9-11,13H2,(H,23,25)/t16-/m0/s1. The van der Waals surface area contributed by atoms with E-state index < -0.39 is 0 Å². The Morgan fingerprint density at radius 2 is 1.89 bits per heavy atom. The Morgan fingerprint density at radius 3 is 2.52 bits per heavy atom. The predicted octanol–water partition coefficient (Wildman–Crippen LogP) is 3.81. The van der Waals surface area contributed by atoms with Gasteiger partial charge >= 0.3 is 0 Å². The van der Waals surface area contributed by atoms with Gasteiger partial charge in [-0.25, -0.2) is 0 Å². The fraction of sp³-hybridized carbons (Fsp3) is 0.450. The molecule has 3 rings (SSSR count). The van der Waals surface area contributed by atoms with Crippen molar-refractivity contribution in [3.8, 4) is 6.07 Å². The van der Waals surface area contributed by atoms with Crippen LogP contribution in [0.25, 0.3) is 0 Å². The van der Waals surface area contributed by atoms with E-state index in [0.29, 0.717) is 15.6 Å². The summed E-state index contributed by atoms with van der Waals surface area (Å²) in [5.74, 6) is -0.154. The molecule has 0 bridgehead atoms. The van der Waals surface area contributed by atoms with Crippen LogP contribution < -0.4 is 5.32 Å². The molecule has 2 amide bonds. The summed E-state index contributed by atoms with van der Waals surface area (Å²) in [6.07, 6.45) is 4.63. The van der Waals surface area contributed by atoms with Crippen LogP contribution in [0.4, 0.5) is 0 Å². The van der Waals surface area contributed by atoms with E-state index in [1.54, 1.807) is 12.1 Å². The number of carbonyl (C=O) groups excluding carboxylic acids is 2. The molecule has 0 saturated carbocycles. The number of likely N-dealkylation sites (tertiary alicyclic amines) is 1. The second kappa shape index (κ2) is 9.29. The first kappa shape index (κ1) is 19.8. The summed E-state index contributed by atoms with van der Waals surface area (Å²) in [4.78, 5) is 26.6. The highest BCUT2D eigenvalue weighted by molar-refractivity contribution is 8.03. The number of hydrogen-bond acceptors (Lipinski definition) is 4. The number of nitriles is 1. The second-order valence-electron chi connectivity index (χ2n) is 6.79. The van der Waals surface area contributed by atoms with Gasteiger partial charge in [0, 0.05) is 30.5 Å². The molecule has 1 aromatic carbocycles. The van der Waals surface area contributed by atoms with E-state index in [9.17, 15) is 14.9 Å². The van der Waals surface area contributed by atoms with Crippen molar-refractivity contribution in [1.82, 2.24) is 10.2 Å². The fourth-order valence-corrected chi connectivity index (χ4v) is 4.56. The average Bonchev–Trinajstić information content (AvgIpc) is 2.96. The van der Waals surface area contributed by atoms with Gasteiger partial charge in [0.15, 0.2) is 0 Å². The molecule has 1 N–H and O–H groups in total. The quantitative estimate of drug-likeness (QED) is 0.829. The van der Waals surface area contributed by atoms with Crippen molar-refractivity contribution in [3.05, 3.63) is 45.5 Å². The van der Waals surface area contributed by atoms with Crippen molar-refractivity contribution in [1.29, 1.82) is 5.26 Å². The lowest BCUT2D eigenvalue weighted by Gasteiger charge is -2.26. The third-order valence-electron chi connectivity index (χ3n) is 4.93. The Labute approximate surface area is 168 Å². The minimum atomic E-state index is -0.309. The van der Waals surface area contributed by atoms with E-state index in [0.717, 1.165) is 31.5 Å². The maximum absolute atomic E-state index is 12.5. The summed E-state index contributed by atoms with van der Waals surface area (Å²) < 4.78 is 0. The van der Waals surface area contributed by atoms with Crippen LogP contribution in [-0.4, -0.2) is 35.6 Å². The number of nitrogens with one attached hydrogen (secondary N) is 1. The van der Waals surface area contributed by atoms with E-state index in [2.05, 4.69) is 11.4 Å². The Morgan fingerprint density at radius 1 is 1.22 bits per heavy atom. The molecule has 5 nitrogen and oxygen atoms in total. The van der Waals surface area contributed by atoms with Crippen LogP contribution in [0.3, 0.4) is 0 Å². The zero-order chi connectivity index (χ0) is 19.2. The zero-order valence-electron chi connectivity index (χ0n) is 15.0. The largest absolute Gasteiger partial charge is 0.342 e. The van der Waals surface area contributed by atoms with Crippen molar-refractivity contribution in [2.45, 2.75) is 38.0 Å². The van der Waals surface area contributed by atoms with Crippen LogP contribution in [0, 0.1) is 11.3 Å². The highest BCUT2D eigenvalue weighted by atomic mass is 35.5. The number of amides is 2. The summed E-state index contributed by atoms with van der Waals surface area (Å²) in [5.41, 5.74) is 1.38. The number of benzene rings is 1. The van der Waals surface area contributed by atoms with Crippen LogP contribution >= 0.6 is 23.4 Å². The SMILES string of the molecule is N#CC1=C(SCC(=O)N2CCCCCC2)NC(=O)C[C@H]1c1ccc(Cl)cc1. The molecule has 1 atom stereocenters. The monoisotopic (exact) mass is 403 g/mol. The molecule has 0 aromatic heterocycles. The van der Waals surface area contributed by atoms with Gasteiger partial charge in [0.05, 0.1) is 22.4 Å². The van der Waals surface area contributed by atoms with Crippen molar-refractivity contribution in [3.63, 3.8) is 0 Å². The van der Waals surface area contributed by atoms with Crippen molar-refractivity contribution in [2.75, 3.05) is 18.8 Å². The highest BCUT2D eigenvalue weighted by Crippen LogP contribution is 2.36. The molecule has 0 spiro atoms. The van der Waals surface area contributed by atoms with Crippen molar-refractivity contribution >= 4 is 35.2 Å². The Kier molecular flexibility index (Phi) is 6.81. The van der Waals surface area contributed by atoms with Crippen LogP contribution in [0.1, 0.15) is 43.6 Å². The number of rotatable bonds is 4. The van der Waals surface area contributed by atoms with Crippen LogP contribution in [-0.2, 0) is 9.59 Å². The molecule has 1 aromatic rings. The molecule has 0 unspecified atom stereocenters. The lowest BCUT2D eigenvalue weighted by atomic mass is 9.87. The molecule has 7 heteroatoms. The molecule has 1 saturated heterocycles. The Bertz CT molecular complexity index is 777. The Balaban J connectivity index is 1.75. The number of halogens is 1. The first-order chi connectivity index (χ1) is 13.1. The van der Waals surface area contributed by atoms with Gasteiger partial charge in [-0.1, -0.05) is 48.3 Å². The number of thioether (sulfide) groups is 1. The first-order valence-electron chi connectivity index (χ1n) is 9.18. The molecule has 0 radical (unpaired) electrons. The zero-order valence-corrected chi connectivity index (χ0v) is 16.6. The van der Waals surface area contributed by atoms with Crippen LogP contribution in [0.5, 0.6) is 0 Å². The van der Waals surface area contributed by atoms with E-state index >= 15 is 0 Å². The van der Waals surface area contributed by atoms with Crippen molar-refractivity contribution < 1.29 is 9.59 Å². The third kappa shape index (κ3) is 5.06. The molecule has 2 aliphatic heterocycles. The lowest BCUT2D eigenvalue weighted by molar-refractivity contribution is -0.128. The summed E-state index contributed by atoms with van der Waals surface area (Å²) in [6.45, 7) is 1.59. The summed E-state index contributed by atoms with van der Waals surface area (Å²) in [6, 6.07) is 9.43. The predicted molar refractivity (Wildman–Crippen MR) is 107 cm³/mol. The number of hydrogen-bond donors (Lipinski definition) is 1. The van der Waals surface area contributed by atoms with Crippen LogP contribution in [0.2, 0.25) is 5.02 Å². The highest BCUT2D eigenvalue weighted by Gasteiger charge is 2.30.